The summed E-state index contributed by atoms with van der Waals surface area (Å²) in [7, 11) is 0. The van der Waals surface area contributed by atoms with Gasteiger partial charge in [0.15, 0.2) is 0 Å². The van der Waals surface area contributed by atoms with Gasteiger partial charge in [0.05, 0.1) is 16.7 Å². The molecule has 18 heavy (non-hydrogen) atoms. The molecule has 104 valence electrons. The second-order valence-corrected chi connectivity index (χ2v) is 6.88. The van der Waals surface area contributed by atoms with Crippen LogP contribution in [0.3, 0.4) is 0 Å². The molecule has 0 unspecified atom stereocenters. The SMILES string of the molecule is C=C(C)C(=O)OC1C(C)(C)NC(C)(C)NC1(C)C. The van der Waals surface area contributed by atoms with E-state index in [0.29, 0.717) is 5.57 Å². The molecule has 1 aliphatic heterocycles. The van der Waals surface area contributed by atoms with Crippen LogP contribution in [0.5, 0.6) is 0 Å². The quantitative estimate of drug-likeness (QED) is 0.584. The highest BCUT2D eigenvalue weighted by molar-refractivity contribution is 5.87. The predicted molar refractivity (Wildman–Crippen MR) is 73.2 cm³/mol. The van der Waals surface area contributed by atoms with Gasteiger partial charge in [-0.1, -0.05) is 6.58 Å². The summed E-state index contributed by atoms with van der Waals surface area (Å²) in [4.78, 5) is 11.8. The molecule has 0 amide bonds. The Labute approximate surface area is 110 Å². The van der Waals surface area contributed by atoms with Crippen molar-refractivity contribution in [2.45, 2.75) is 71.3 Å². The highest BCUT2D eigenvalue weighted by Crippen LogP contribution is 2.32. The van der Waals surface area contributed by atoms with Crippen LogP contribution in [0.1, 0.15) is 48.5 Å². The second-order valence-electron chi connectivity index (χ2n) is 6.88. The second kappa shape index (κ2) is 4.35. The van der Waals surface area contributed by atoms with Gasteiger partial charge in [-0.25, -0.2) is 4.79 Å². The minimum Gasteiger partial charge on any atom is -0.455 e. The van der Waals surface area contributed by atoms with Crippen LogP contribution in [0.25, 0.3) is 0 Å². The Kier molecular flexibility index (Phi) is 3.67. The van der Waals surface area contributed by atoms with Crippen molar-refractivity contribution < 1.29 is 9.53 Å². The highest BCUT2D eigenvalue weighted by atomic mass is 16.5. The lowest BCUT2D eigenvalue weighted by Crippen LogP contribution is -2.79. The molecule has 1 fully saturated rings. The van der Waals surface area contributed by atoms with Gasteiger partial charge in [-0.15, -0.1) is 0 Å². The fourth-order valence-electron chi connectivity index (χ4n) is 3.18. The van der Waals surface area contributed by atoms with Crippen molar-refractivity contribution in [2.75, 3.05) is 0 Å². The fraction of sp³-hybridized carbons (Fsp3) is 0.786. The van der Waals surface area contributed by atoms with E-state index in [-0.39, 0.29) is 28.8 Å². The molecule has 0 bridgehead atoms. The van der Waals surface area contributed by atoms with Crippen LogP contribution in [0.2, 0.25) is 0 Å². The molecule has 0 spiro atoms. The standard InChI is InChI=1S/C14H26N2O2/c1-9(2)10(17)18-11-12(3,4)15-14(7,8)16-13(11,5)6/h11,15-16H,1H2,2-8H3. The van der Waals surface area contributed by atoms with Crippen molar-refractivity contribution in [3.8, 4) is 0 Å². The van der Waals surface area contributed by atoms with E-state index in [0.717, 1.165) is 0 Å². The van der Waals surface area contributed by atoms with E-state index in [9.17, 15) is 4.79 Å². The van der Waals surface area contributed by atoms with Crippen molar-refractivity contribution in [1.82, 2.24) is 10.6 Å². The van der Waals surface area contributed by atoms with Crippen molar-refractivity contribution in [2.24, 2.45) is 0 Å². The molecule has 0 radical (unpaired) electrons. The fourth-order valence-corrected chi connectivity index (χ4v) is 3.18. The van der Waals surface area contributed by atoms with Crippen LogP contribution < -0.4 is 10.6 Å². The van der Waals surface area contributed by atoms with Gasteiger partial charge in [0.25, 0.3) is 0 Å². The molecule has 1 saturated heterocycles. The summed E-state index contributed by atoms with van der Waals surface area (Å²) in [6.45, 7) is 17.6. The van der Waals surface area contributed by atoms with E-state index in [1.54, 1.807) is 6.92 Å². The predicted octanol–water partition coefficient (Wildman–Crippen LogP) is 1.96. The smallest absolute Gasteiger partial charge is 0.333 e. The third kappa shape index (κ3) is 3.12. The maximum absolute atomic E-state index is 11.8. The summed E-state index contributed by atoms with van der Waals surface area (Å²) >= 11 is 0. The molecule has 2 N–H and O–H groups in total. The van der Waals surface area contributed by atoms with Crippen molar-refractivity contribution in [3.05, 3.63) is 12.2 Å². The van der Waals surface area contributed by atoms with Crippen LogP contribution in [0, 0.1) is 0 Å². The van der Waals surface area contributed by atoms with Gasteiger partial charge < -0.3 is 4.74 Å². The summed E-state index contributed by atoms with van der Waals surface area (Å²) < 4.78 is 5.61. The maximum Gasteiger partial charge on any atom is 0.333 e. The van der Waals surface area contributed by atoms with Gasteiger partial charge in [-0.3, -0.25) is 10.6 Å². The lowest BCUT2D eigenvalue weighted by Gasteiger charge is -2.55. The number of hydrogen-bond donors (Lipinski definition) is 2. The molecule has 0 atom stereocenters. The number of hydrogen-bond acceptors (Lipinski definition) is 4. The first-order valence-electron chi connectivity index (χ1n) is 6.32. The van der Waals surface area contributed by atoms with E-state index < -0.39 is 0 Å². The Balaban J connectivity index is 3.01. The van der Waals surface area contributed by atoms with Crippen LogP contribution in [0.4, 0.5) is 0 Å². The molecular formula is C14H26N2O2. The Morgan fingerprint density at radius 1 is 1.06 bits per heavy atom. The molecule has 0 saturated carbocycles. The lowest BCUT2D eigenvalue weighted by molar-refractivity contribution is -0.160. The summed E-state index contributed by atoms with van der Waals surface area (Å²) in [6.07, 6.45) is -0.276. The first-order chi connectivity index (χ1) is 7.87. The van der Waals surface area contributed by atoms with Gasteiger partial charge >= 0.3 is 5.97 Å². The minimum atomic E-state index is -0.343. The summed E-state index contributed by atoms with van der Waals surface area (Å²) in [5.74, 6) is -0.343. The third-order valence-electron chi connectivity index (χ3n) is 3.15. The monoisotopic (exact) mass is 254 g/mol. The Bertz CT molecular complexity index is 350. The average molecular weight is 254 g/mol. The maximum atomic E-state index is 11.8. The zero-order chi connectivity index (χ0) is 14.4. The van der Waals surface area contributed by atoms with Crippen LogP contribution in [-0.2, 0) is 9.53 Å². The first-order valence-corrected chi connectivity index (χ1v) is 6.32. The summed E-state index contributed by atoms with van der Waals surface area (Å²) in [5, 5.41) is 6.93. The number of ether oxygens (including phenoxy) is 1. The van der Waals surface area contributed by atoms with E-state index >= 15 is 0 Å². The topological polar surface area (TPSA) is 50.4 Å². The number of nitrogens with one attached hydrogen (secondary N) is 2. The van der Waals surface area contributed by atoms with Gasteiger partial charge in [-0.2, -0.15) is 0 Å². The molecule has 1 rings (SSSR count). The number of carbonyl (C=O) groups is 1. The van der Waals surface area contributed by atoms with Crippen molar-refractivity contribution >= 4 is 5.97 Å². The van der Waals surface area contributed by atoms with E-state index in [2.05, 4.69) is 31.1 Å². The van der Waals surface area contributed by atoms with Gasteiger partial charge in [0, 0.05) is 5.57 Å². The van der Waals surface area contributed by atoms with Gasteiger partial charge in [-0.05, 0) is 48.5 Å². The summed E-state index contributed by atoms with van der Waals surface area (Å²) in [6, 6.07) is 0. The minimum absolute atomic E-state index is 0.209. The Hall–Kier alpha value is -0.870. The normalized spacial score (nSPS) is 25.5. The molecule has 0 aromatic carbocycles. The largest absolute Gasteiger partial charge is 0.455 e. The first kappa shape index (κ1) is 15.2. The third-order valence-corrected chi connectivity index (χ3v) is 3.15. The lowest BCUT2D eigenvalue weighted by atomic mass is 9.78. The van der Waals surface area contributed by atoms with Crippen molar-refractivity contribution in [1.29, 1.82) is 0 Å². The molecule has 0 aliphatic carbocycles. The summed E-state index contributed by atoms with van der Waals surface area (Å²) in [5.41, 5.74) is -0.419. The van der Waals surface area contributed by atoms with E-state index in [4.69, 9.17) is 4.74 Å². The molecule has 4 heteroatoms. The Morgan fingerprint density at radius 3 is 1.78 bits per heavy atom. The highest BCUT2D eigenvalue weighted by Gasteiger charge is 2.51. The molecule has 0 aromatic rings. The van der Waals surface area contributed by atoms with E-state index in [1.165, 1.54) is 0 Å². The van der Waals surface area contributed by atoms with Crippen LogP contribution in [0.15, 0.2) is 12.2 Å². The Morgan fingerprint density at radius 2 is 1.44 bits per heavy atom. The van der Waals surface area contributed by atoms with Crippen LogP contribution in [-0.4, -0.2) is 28.8 Å². The average Bonchev–Trinajstić information content (AvgIpc) is 2.06. The molecule has 4 nitrogen and oxygen atoms in total. The van der Waals surface area contributed by atoms with Crippen LogP contribution >= 0.6 is 0 Å². The molecule has 1 aliphatic rings. The molecular weight excluding hydrogens is 228 g/mol. The zero-order valence-electron chi connectivity index (χ0n) is 12.6. The molecule has 1 heterocycles. The van der Waals surface area contributed by atoms with Gasteiger partial charge in [0.2, 0.25) is 0 Å². The van der Waals surface area contributed by atoms with E-state index in [1.807, 2.05) is 27.7 Å². The number of esters is 1. The van der Waals surface area contributed by atoms with Gasteiger partial charge in [0.1, 0.15) is 6.10 Å². The molecule has 0 aromatic heterocycles. The van der Waals surface area contributed by atoms with Crippen molar-refractivity contribution in [3.63, 3.8) is 0 Å². The number of rotatable bonds is 2. The zero-order valence-corrected chi connectivity index (χ0v) is 12.6. The number of carbonyl (C=O) groups excluding carboxylic acids is 1.